The van der Waals surface area contributed by atoms with Gasteiger partial charge < -0.3 is 20.3 Å². The zero-order chi connectivity index (χ0) is 19.4. The Morgan fingerprint density at radius 3 is 2.39 bits per heavy atom. The van der Waals surface area contributed by atoms with E-state index in [0.29, 0.717) is 24.4 Å². The molecule has 2 aromatic carbocycles. The number of carbonyl (C=O) groups is 2. The minimum absolute atomic E-state index is 0. The molecule has 1 aliphatic rings. The number of benzene rings is 2. The fourth-order valence-corrected chi connectivity index (χ4v) is 3.26. The van der Waals surface area contributed by atoms with Crippen molar-refractivity contribution in [1.29, 1.82) is 0 Å². The summed E-state index contributed by atoms with van der Waals surface area (Å²) in [6.45, 7) is 0.946. The Bertz CT molecular complexity index is 814. The second-order valence-corrected chi connectivity index (χ2v) is 6.96. The third kappa shape index (κ3) is 4.82. The van der Waals surface area contributed by atoms with Gasteiger partial charge in [-0.25, -0.2) is 0 Å². The van der Waals surface area contributed by atoms with Gasteiger partial charge in [-0.1, -0.05) is 42.5 Å². The third-order valence-electron chi connectivity index (χ3n) is 4.85. The highest BCUT2D eigenvalue weighted by atomic mass is 35.5. The number of carbonyl (C=O) groups excluding carboxylic acids is 2. The molecule has 1 aliphatic heterocycles. The largest absolute Gasteiger partial charge is 0.483 e. The van der Waals surface area contributed by atoms with Crippen LogP contribution >= 0.6 is 12.4 Å². The van der Waals surface area contributed by atoms with Crippen molar-refractivity contribution < 1.29 is 14.3 Å². The van der Waals surface area contributed by atoms with Crippen LogP contribution in [0.5, 0.6) is 5.75 Å². The van der Waals surface area contributed by atoms with Gasteiger partial charge in [0.2, 0.25) is 0 Å². The van der Waals surface area contributed by atoms with Gasteiger partial charge in [-0.15, -0.1) is 12.4 Å². The highest BCUT2D eigenvalue weighted by Crippen LogP contribution is 2.29. The monoisotopic (exact) mass is 403 g/mol. The quantitative estimate of drug-likeness (QED) is 0.829. The Kier molecular flexibility index (Phi) is 7.43. The molecule has 6 nitrogen and oxygen atoms in total. The molecular formula is C21H26ClN3O3. The van der Waals surface area contributed by atoms with Gasteiger partial charge in [0, 0.05) is 39.1 Å². The number of amides is 2. The van der Waals surface area contributed by atoms with Gasteiger partial charge >= 0.3 is 0 Å². The zero-order valence-electron chi connectivity index (χ0n) is 16.1. The van der Waals surface area contributed by atoms with E-state index in [4.69, 9.17) is 10.5 Å². The van der Waals surface area contributed by atoms with Gasteiger partial charge in [-0.05, 0) is 17.7 Å². The van der Waals surface area contributed by atoms with Crippen molar-refractivity contribution in [3.8, 4) is 5.75 Å². The first-order chi connectivity index (χ1) is 13.0. The molecule has 28 heavy (non-hydrogen) atoms. The number of ether oxygens (including phenoxy) is 1. The van der Waals surface area contributed by atoms with Crippen LogP contribution in [0.15, 0.2) is 54.6 Å². The normalized spacial score (nSPS) is 18.3. The smallest absolute Gasteiger partial charge is 0.259 e. The topological polar surface area (TPSA) is 75.9 Å². The first kappa shape index (κ1) is 21.7. The molecule has 7 heteroatoms. The van der Waals surface area contributed by atoms with Crippen LogP contribution in [0.4, 0.5) is 0 Å². The Morgan fingerprint density at radius 2 is 1.71 bits per heavy atom. The van der Waals surface area contributed by atoms with Gasteiger partial charge in [0.1, 0.15) is 5.75 Å². The Balaban J connectivity index is 0.00000280. The van der Waals surface area contributed by atoms with Gasteiger partial charge in [-0.2, -0.15) is 0 Å². The molecule has 3 rings (SSSR count). The van der Waals surface area contributed by atoms with Crippen molar-refractivity contribution in [2.24, 2.45) is 5.73 Å². The molecular weight excluding hydrogens is 378 g/mol. The van der Waals surface area contributed by atoms with Crippen LogP contribution in [0.25, 0.3) is 0 Å². The molecule has 2 amide bonds. The summed E-state index contributed by atoms with van der Waals surface area (Å²) in [5.74, 6) is 0.231. The lowest BCUT2D eigenvalue weighted by Gasteiger charge is -2.19. The summed E-state index contributed by atoms with van der Waals surface area (Å²) < 4.78 is 5.61. The summed E-state index contributed by atoms with van der Waals surface area (Å²) in [7, 11) is 3.33. The van der Waals surface area contributed by atoms with Gasteiger partial charge in [-0.3, -0.25) is 9.59 Å². The number of halogens is 1. The lowest BCUT2D eigenvalue weighted by atomic mass is 9.95. The average Bonchev–Trinajstić information content (AvgIpc) is 3.08. The molecule has 0 aliphatic carbocycles. The first-order valence-corrected chi connectivity index (χ1v) is 8.99. The molecule has 2 atom stereocenters. The summed E-state index contributed by atoms with van der Waals surface area (Å²) in [6, 6.07) is 16.9. The van der Waals surface area contributed by atoms with Crippen molar-refractivity contribution in [3.63, 3.8) is 0 Å². The maximum Gasteiger partial charge on any atom is 0.259 e. The van der Waals surface area contributed by atoms with E-state index in [1.54, 1.807) is 43.3 Å². The van der Waals surface area contributed by atoms with E-state index < -0.39 is 0 Å². The second-order valence-electron chi connectivity index (χ2n) is 6.96. The summed E-state index contributed by atoms with van der Waals surface area (Å²) in [5, 5.41) is 0. The van der Waals surface area contributed by atoms with Crippen molar-refractivity contribution in [2.75, 3.05) is 33.8 Å². The van der Waals surface area contributed by atoms with Gasteiger partial charge in [0.25, 0.3) is 11.8 Å². The minimum atomic E-state index is -0.162. The SMILES string of the molecule is CN(C)C(=O)COc1ccccc1C(=O)N1C[C@@H](N)[C@H](c2ccccc2)C1.Cl. The highest BCUT2D eigenvalue weighted by Gasteiger charge is 2.35. The number of likely N-dealkylation sites (N-methyl/N-ethyl adjacent to an activating group) is 1. The van der Waals surface area contributed by atoms with E-state index in [1.807, 2.05) is 30.3 Å². The van der Waals surface area contributed by atoms with Crippen LogP contribution in [0.3, 0.4) is 0 Å². The predicted molar refractivity (Wildman–Crippen MR) is 111 cm³/mol. The molecule has 150 valence electrons. The summed E-state index contributed by atoms with van der Waals surface area (Å²) in [4.78, 5) is 28.1. The van der Waals surface area contributed by atoms with Crippen molar-refractivity contribution in [3.05, 3.63) is 65.7 Å². The molecule has 0 saturated carbocycles. The zero-order valence-corrected chi connectivity index (χ0v) is 16.9. The van der Waals surface area contributed by atoms with E-state index in [2.05, 4.69) is 0 Å². The predicted octanol–water partition coefficient (Wildman–Crippen LogP) is 2.14. The van der Waals surface area contributed by atoms with Crippen LogP contribution in [-0.4, -0.2) is 61.4 Å². The Morgan fingerprint density at radius 1 is 1.07 bits per heavy atom. The number of likely N-dealkylation sites (tertiary alicyclic amines) is 1. The highest BCUT2D eigenvalue weighted by molar-refractivity contribution is 5.97. The van der Waals surface area contributed by atoms with Crippen LogP contribution in [0.2, 0.25) is 0 Å². The Labute approximate surface area is 171 Å². The minimum Gasteiger partial charge on any atom is -0.483 e. The summed E-state index contributed by atoms with van der Waals surface area (Å²) in [6.07, 6.45) is 0. The standard InChI is InChI=1S/C21H25N3O3.ClH/c1-23(2)20(25)14-27-19-11-7-6-10-16(19)21(26)24-12-17(18(22)13-24)15-8-4-3-5-9-15;/h3-11,17-18H,12-14,22H2,1-2H3;1H/t17-,18+;/m0./s1. The maximum atomic E-state index is 13.1. The van der Waals surface area contributed by atoms with Crippen LogP contribution in [0, 0.1) is 0 Å². The second kappa shape index (κ2) is 9.57. The average molecular weight is 404 g/mol. The molecule has 0 unspecified atom stereocenters. The van der Waals surface area contributed by atoms with E-state index >= 15 is 0 Å². The van der Waals surface area contributed by atoms with Crippen molar-refractivity contribution in [1.82, 2.24) is 9.80 Å². The molecule has 0 spiro atoms. The van der Waals surface area contributed by atoms with E-state index in [1.165, 1.54) is 4.90 Å². The summed E-state index contributed by atoms with van der Waals surface area (Å²) >= 11 is 0. The van der Waals surface area contributed by atoms with E-state index in [0.717, 1.165) is 5.56 Å². The van der Waals surface area contributed by atoms with Crippen LogP contribution < -0.4 is 10.5 Å². The fourth-order valence-electron chi connectivity index (χ4n) is 3.26. The first-order valence-electron chi connectivity index (χ1n) is 8.99. The number of para-hydroxylation sites is 1. The molecule has 1 fully saturated rings. The van der Waals surface area contributed by atoms with Gasteiger partial charge in [0.15, 0.2) is 6.61 Å². The van der Waals surface area contributed by atoms with E-state index in [9.17, 15) is 9.59 Å². The summed E-state index contributed by atoms with van der Waals surface area (Å²) in [5.41, 5.74) is 7.90. The Hall–Kier alpha value is -2.57. The molecule has 2 aromatic rings. The molecule has 0 aromatic heterocycles. The number of nitrogens with zero attached hydrogens (tertiary/aromatic N) is 2. The van der Waals surface area contributed by atoms with E-state index in [-0.39, 0.29) is 42.8 Å². The lowest BCUT2D eigenvalue weighted by molar-refractivity contribution is -0.130. The molecule has 2 N–H and O–H groups in total. The van der Waals surface area contributed by atoms with Crippen LogP contribution in [0.1, 0.15) is 21.8 Å². The van der Waals surface area contributed by atoms with Crippen molar-refractivity contribution in [2.45, 2.75) is 12.0 Å². The van der Waals surface area contributed by atoms with Crippen molar-refractivity contribution >= 4 is 24.2 Å². The maximum absolute atomic E-state index is 13.1. The molecule has 0 bridgehead atoms. The number of nitrogens with two attached hydrogens (primary N) is 1. The number of rotatable bonds is 5. The molecule has 0 radical (unpaired) electrons. The van der Waals surface area contributed by atoms with Crippen LogP contribution in [-0.2, 0) is 4.79 Å². The fraction of sp³-hybridized carbons (Fsp3) is 0.333. The molecule has 1 heterocycles. The molecule has 1 saturated heterocycles. The lowest BCUT2D eigenvalue weighted by Crippen LogP contribution is -2.33. The van der Waals surface area contributed by atoms with Gasteiger partial charge in [0.05, 0.1) is 5.56 Å². The third-order valence-corrected chi connectivity index (χ3v) is 4.85. The number of hydrogen-bond acceptors (Lipinski definition) is 4. The number of hydrogen-bond donors (Lipinski definition) is 1.